The minimum Gasteiger partial charge on any atom is -0.511 e. The fourth-order valence-corrected chi connectivity index (χ4v) is 8.47. The number of nitrogens with one attached hydrogen (secondary N) is 2. The summed E-state index contributed by atoms with van der Waals surface area (Å²) < 4.78 is 0. The number of phenols is 1. The molecule has 4 aliphatic rings. The van der Waals surface area contributed by atoms with Crippen LogP contribution < -0.4 is 21.3 Å². The maximum absolute atomic E-state index is 14.3. The second kappa shape index (κ2) is 10.3. The molecule has 1 heterocycles. The quantitative estimate of drug-likeness (QED) is 0.220. The summed E-state index contributed by atoms with van der Waals surface area (Å²) in [5, 5.41) is 41.4. The van der Waals surface area contributed by atoms with Crippen molar-refractivity contribution < 1.29 is 29.7 Å². The molecule has 1 aromatic carbocycles. The second-order valence-electron chi connectivity index (χ2n) is 14.5. The maximum atomic E-state index is 14.3. The molecule has 0 unspecified atom stereocenters. The van der Waals surface area contributed by atoms with E-state index in [0.717, 1.165) is 18.5 Å². The van der Waals surface area contributed by atoms with Crippen molar-refractivity contribution in [2.75, 3.05) is 38.4 Å². The predicted molar refractivity (Wildman–Crippen MR) is 164 cm³/mol. The van der Waals surface area contributed by atoms with Crippen molar-refractivity contribution in [1.29, 1.82) is 0 Å². The number of allylic oxidation sites excluding steroid dienone is 2. The van der Waals surface area contributed by atoms with Crippen molar-refractivity contribution in [2.45, 2.75) is 76.5 Å². The molecule has 4 atom stereocenters. The summed E-state index contributed by atoms with van der Waals surface area (Å²) >= 11 is 0. The number of ketones is 2. The summed E-state index contributed by atoms with van der Waals surface area (Å²) in [6.07, 6.45) is 2.26. The first-order valence-corrected chi connectivity index (χ1v) is 14.9. The largest absolute Gasteiger partial charge is 0.511 e. The Hall–Kier alpha value is -3.57. The summed E-state index contributed by atoms with van der Waals surface area (Å²) in [5.41, 5.74) is 6.72. The minimum atomic E-state index is -1.21. The third-order valence-corrected chi connectivity index (χ3v) is 9.57. The van der Waals surface area contributed by atoms with E-state index >= 15 is 0 Å². The number of fused-ring (bicyclic) bond motifs is 3. The highest BCUT2D eigenvalue weighted by Gasteiger charge is 2.54. The zero-order valence-corrected chi connectivity index (χ0v) is 26.3. The SMILES string of the molecule is CN(C)c1cc(NC2CC(C)(C)NC(C)(C)C2)c(O)c2c1C[C@H]1C[C@@H]3[C@H](C(=O)C(C(N)=O)=C(O)[C@H]3N(C)C)C(O)=C1C2=O. The van der Waals surface area contributed by atoms with Crippen LogP contribution in [0.2, 0.25) is 0 Å². The number of phenolic OH excluding ortho intramolecular Hbond substituents is 1. The van der Waals surface area contributed by atoms with E-state index in [1.54, 1.807) is 19.0 Å². The molecule has 43 heavy (non-hydrogen) atoms. The zero-order valence-electron chi connectivity index (χ0n) is 26.3. The standard InChI is InChI=1S/C32H45N5O6/c1-31(2)12-15(13-32(3,4)35-31)34-18-11-19(36(5)6)16-9-14-10-17-22(27(40)20(14)26(39)21(16)25(18)38)28(41)23(30(33)43)29(42)24(17)37(7)8/h11,14-15,17,22,24,34-35,38,40,42H,9-10,12-13H2,1-8H3,(H2,33,43)/t14-,17+,22-,24-/m0/s1. The number of hydrogen-bond acceptors (Lipinski definition) is 10. The van der Waals surface area contributed by atoms with Gasteiger partial charge in [0.1, 0.15) is 22.8 Å². The number of aromatic hydroxyl groups is 1. The minimum absolute atomic E-state index is 0.0224. The molecule has 0 aromatic heterocycles. The number of benzene rings is 1. The van der Waals surface area contributed by atoms with Gasteiger partial charge in [-0.1, -0.05) is 0 Å². The normalized spacial score (nSPS) is 28.4. The van der Waals surface area contributed by atoms with E-state index in [4.69, 9.17) is 5.73 Å². The van der Waals surface area contributed by atoms with E-state index < -0.39 is 58.4 Å². The van der Waals surface area contributed by atoms with Crippen LogP contribution >= 0.6 is 0 Å². The van der Waals surface area contributed by atoms with Gasteiger partial charge in [-0.05, 0) is 90.9 Å². The van der Waals surface area contributed by atoms with Crippen molar-refractivity contribution in [2.24, 2.45) is 23.5 Å². The number of Topliss-reactive ketones (excluding diaryl/α,β-unsaturated/α-hetero) is 2. The number of aliphatic hydroxyl groups is 2. The smallest absolute Gasteiger partial charge is 0.255 e. The van der Waals surface area contributed by atoms with Gasteiger partial charge in [0, 0.05) is 42.5 Å². The van der Waals surface area contributed by atoms with E-state index in [-0.39, 0.29) is 34.0 Å². The lowest BCUT2D eigenvalue weighted by atomic mass is 9.60. The molecule has 1 aliphatic heterocycles. The lowest BCUT2D eigenvalue weighted by Gasteiger charge is -2.47. The average molecular weight is 596 g/mol. The van der Waals surface area contributed by atoms with Crippen LogP contribution in [-0.2, 0) is 16.0 Å². The summed E-state index contributed by atoms with van der Waals surface area (Å²) in [4.78, 5) is 43.6. The highest BCUT2D eigenvalue weighted by molar-refractivity contribution is 6.22. The molecule has 1 amide bonds. The third-order valence-electron chi connectivity index (χ3n) is 9.57. The first-order chi connectivity index (χ1) is 19.8. The Labute approximate surface area is 252 Å². The number of carbonyl (C=O) groups excluding carboxylic acids is 3. The Bertz CT molecular complexity index is 1460. The molecule has 7 N–H and O–H groups in total. The molecular formula is C32H45N5O6. The molecule has 0 saturated carbocycles. The fraction of sp³-hybridized carbons (Fsp3) is 0.594. The fourth-order valence-electron chi connectivity index (χ4n) is 8.47. The van der Waals surface area contributed by atoms with E-state index in [1.165, 1.54) is 0 Å². The molecule has 3 aliphatic carbocycles. The molecule has 11 nitrogen and oxygen atoms in total. The van der Waals surface area contributed by atoms with E-state index in [0.29, 0.717) is 24.1 Å². The van der Waals surface area contributed by atoms with Crippen LogP contribution in [-0.4, -0.2) is 89.0 Å². The van der Waals surface area contributed by atoms with Gasteiger partial charge in [-0.3, -0.25) is 19.3 Å². The molecule has 0 radical (unpaired) electrons. The number of nitrogens with zero attached hydrogens (tertiary/aromatic N) is 2. The van der Waals surface area contributed by atoms with Crippen molar-refractivity contribution in [3.05, 3.63) is 39.9 Å². The number of aliphatic hydroxyl groups excluding tert-OH is 2. The van der Waals surface area contributed by atoms with Crippen molar-refractivity contribution in [3.63, 3.8) is 0 Å². The number of primary amides is 1. The Morgan fingerprint density at radius 3 is 2.16 bits per heavy atom. The Kier molecular flexibility index (Phi) is 7.37. The molecule has 1 saturated heterocycles. The topological polar surface area (TPSA) is 168 Å². The molecule has 234 valence electrons. The monoisotopic (exact) mass is 595 g/mol. The molecule has 0 bridgehead atoms. The average Bonchev–Trinajstić information content (AvgIpc) is 2.82. The lowest BCUT2D eigenvalue weighted by molar-refractivity contribution is -0.127. The van der Waals surface area contributed by atoms with Gasteiger partial charge in [-0.2, -0.15) is 0 Å². The van der Waals surface area contributed by atoms with Gasteiger partial charge in [0.2, 0.25) is 0 Å². The Morgan fingerprint density at radius 2 is 1.63 bits per heavy atom. The van der Waals surface area contributed by atoms with Gasteiger partial charge < -0.3 is 36.6 Å². The number of hydrogen-bond donors (Lipinski definition) is 6. The van der Waals surface area contributed by atoms with Gasteiger partial charge in [-0.25, -0.2) is 0 Å². The Balaban J connectivity index is 1.62. The molecular weight excluding hydrogens is 550 g/mol. The molecule has 5 rings (SSSR count). The van der Waals surface area contributed by atoms with Gasteiger partial charge in [0.25, 0.3) is 5.91 Å². The molecule has 0 spiro atoms. The maximum Gasteiger partial charge on any atom is 0.255 e. The second-order valence-corrected chi connectivity index (χ2v) is 14.5. The van der Waals surface area contributed by atoms with Gasteiger partial charge in [0.15, 0.2) is 11.6 Å². The number of amides is 1. The van der Waals surface area contributed by atoms with Crippen LogP contribution in [0.25, 0.3) is 0 Å². The summed E-state index contributed by atoms with van der Waals surface area (Å²) in [7, 11) is 7.19. The molecule has 1 fully saturated rings. The van der Waals surface area contributed by atoms with E-state index in [2.05, 4.69) is 38.3 Å². The van der Waals surface area contributed by atoms with Crippen LogP contribution in [0.4, 0.5) is 11.4 Å². The first kappa shape index (κ1) is 30.9. The number of rotatable bonds is 5. The van der Waals surface area contributed by atoms with E-state index in [1.807, 2.05) is 25.1 Å². The number of anilines is 2. The van der Waals surface area contributed by atoms with Gasteiger partial charge in [-0.15, -0.1) is 0 Å². The highest BCUT2D eigenvalue weighted by Crippen LogP contribution is 2.52. The van der Waals surface area contributed by atoms with E-state index in [9.17, 15) is 29.7 Å². The van der Waals surface area contributed by atoms with Gasteiger partial charge in [0.05, 0.1) is 23.2 Å². The Morgan fingerprint density at radius 1 is 1.02 bits per heavy atom. The van der Waals surface area contributed by atoms with Crippen LogP contribution in [0.1, 0.15) is 62.9 Å². The van der Waals surface area contributed by atoms with Crippen molar-refractivity contribution in [1.82, 2.24) is 10.2 Å². The van der Waals surface area contributed by atoms with Crippen LogP contribution in [0, 0.1) is 17.8 Å². The van der Waals surface area contributed by atoms with Crippen molar-refractivity contribution >= 4 is 28.8 Å². The summed E-state index contributed by atoms with van der Waals surface area (Å²) in [5.74, 6) is -5.66. The zero-order chi connectivity index (χ0) is 31.9. The van der Waals surface area contributed by atoms with Gasteiger partial charge >= 0.3 is 0 Å². The van der Waals surface area contributed by atoms with Crippen molar-refractivity contribution in [3.8, 4) is 5.75 Å². The molecule has 1 aromatic rings. The van der Waals surface area contributed by atoms with Crippen LogP contribution in [0.5, 0.6) is 5.75 Å². The number of carbonyl (C=O) groups is 3. The lowest BCUT2D eigenvalue weighted by Crippen LogP contribution is -2.60. The number of piperidine rings is 1. The summed E-state index contributed by atoms with van der Waals surface area (Å²) in [6.45, 7) is 8.56. The highest BCUT2D eigenvalue weighted by atomic mass is 16.3. The first-order valence-electron chi connectivity index (χ1n) is 14.9. The summed E-state index contributed by atoms with van der Waals surface area (Å²) in [6, 6.07) is 1.15. The van der Waals surface area contributed by atoms with Crippen LogP contribution in [0.15, 0.2) is 28.7 Å². The number of likely N-dealkylation sites (N-methyl/N-ethyl adjacent to an activating group) is 1. The predicted octanol–water partition coefficient (Wildman–Crippen LogP) is 2.79. The molecule has 11 heteroatoms. The third kappa shape index (κ3) is 5.06. The number of nitrogens with two attached hydrogens (primary N) is 1. The van der Waals surface area contributed by atoms with Crippen LogP contribution in [0.3, 0.4) is 0 Å².